The lowest BCUT2D eigenvalue weighted by Gasteiger charge is -2.19. The molecule has 0 aliphatic rings. The van der Waals surface area contributed by atoms with E-state index >= 15 is 0 Å². The molecular weight excluding hydrogens is 184 g/mol. The fraction of sp³-hybridized carbons (Fsp3) is 0.800. The molecule has 1 N–H and O–H groups in total. The molecule has 0 unspecified atom stereocenters. The third-order valence-corrected chi connectivity index (χ3v) is 1.51. The average molecular weight is 202 g/mol. The molecule has 0 aromatic heterocycles. The van der Waals surface area contributed by atoms with Crippen LogP contribution in [0.15, 0.2) is 0 Å². The van der Waals surface area contributed by atoms with Crippen molar-refractivity contribution in [1.82, 2.24) is 0 Å². The zero-order valence-corrected chi connectivity index (χ0v) is 9.16. The largest absolute Gasteiger partial charge is 0.460 e. The molecule has 0 aliphatic carbocycles. The first-order valence-corrected chi connectivity index (χ1v) is 4.63. The third-order valence-electron chi connectivity index (χ3n) is 1.51. The van der Waals surface area contributed by atoms with E-state index < -0.39 is 17.7 Å². The summed E-state index contributed by atoms with van der Waals surface area (Å²) in [6.45, 7) is 6.60. The van der Waals surface area contributed by atoms with Gasteiger partial charge in [0, 0.05) is 6.42 Å². The van der Waals surface area contributed by atoms with Crippen molar-refractivity contribution in [3.63, 3.8) is 0 Å². The van der Waals surface area contributed by atoms with Gasteiger partial charge in [0.15, 0.2) is 5.78 Å². The molecule has 0 amide bonds. The van der Waals surface area contributed by atoms with Crippen molar-refractivity contribution in [3.05, 3.63) is 0 Å². The van der Waals surface area contributed by atoms with Crippen molar-refractivity contribution in [3.8, 4) is 0 Å². The van der Waals surface area contributed by atoms with Crippen LogP contribution in [0, 0.1) is 0 Å². The van der Waals surface area contributed by atoms with Crippen LogP contribution in [-0.4, -0.2) is 28.6 Å². The van der Waals surface area contributed by atoms with Gasteiger partial charge in [0.2, 0.25) is 0 Å². The number of Topliss-reactive ketones (excluding diaryl/α,β-unsaturated/α-hetero) is 1. The summed E-state index contributed by atoms with van der Waals surface area (Å²) in [6, 6.07) is 0. The molecule has 0 rings (SSSR count). The van der Waals surface area contributed by atoms with E-state index in [-0.39, 0.29) is 18.6 Å². The summed E-state index contributed by atoms with van der Waals surface area (Å²) in [7, 11) is 0. The SMILES string of the molecule is CC(=O)[C@H](O)CCC(=O)OC(C)(C)C. The second-order valence-electron chi connectivity index (χ2n) is 4.25. The molecule has 0 aromatic carbocycles. The Labute approximate surface area is 84.3 Å². The summed E-state index contributed by atoms with van der Waals surface area (Å²) < 4.78 is 5.01. The highest BCUT2D eigenvalue weighted by Crippen LogP contribution is 2.10. The minimum atomic E-state index is -1.05. The lowest BCUT2D eigenvalue weighted by Crippen LogP contribution is -2.25. The number of ether oxygens (including phenoxy) is 1. The molecule has 0 bridgehead atoms. The molecule has 0 aliphatic heterocycles. The van der Waals surface area contributed by atoms with Gasteiger partial charge in [-0.25, -0.2) is 0 Å². The number of ketones is 1. The van der Waals surface area contributed by atoms with Crippen molar-refractivity contribution < 1.29 is 19.4 Å². The second kappa shape index (κ2) is 5.10. The summed E-state index contributed by atoms with van der Waals surface area (Å²) in [5.74, 6) is -0.716. The predicted octanol–water partition coefficient (Wildman–Crippen LogP) is 1.06. The number of hydrogen-bond acceptors (Lipinski definition) is 4. The number of hydrogen-bond donors (Lipinski definition) is 1. The standard InChI is InChI=1S/C10H18O4/c1-7(11)8(12)5-6-9(13)14-10(2,3)4/h8,12H,5-6H2,1-4H3/t8-/m1/s1. The van der Waals surface area contributed by atoms with Crippen LogP contribution < -0.4 is 0 Å². The molecule has 0 fully saturated rings. The fourth-order valence-corrected chi connectivity index (χ4v) is 0.850. The summed E-state index contributed by atoms with van der Waals surface area (Å²) in [5, 5.41) is 9.12. The van der Waals surface area contributed by atoms with Crippen LogP contribution in [0.1, 0.15) is 40.5 Å². The molecule has 0 heterocycles. The highest BCUT2D eigenvalue weighted by atomic mass is 16.6. The van der Waals surface area contributed by atoms with Gasteiger partial charge in [-0.15, -0.1) is 0 Å². The first-order valence-electron chi connectivity index (χ1n) is 4.63. The van der Waals surface area contributed by atoms with Crippen LogP contribution in [0.4, 0.5) is 0 Å². The molecule has 1 atom stereocenters. The third kappa shape index (κ3) is 6.60. The van der Waals surface area contributed by atoms with Crippen LogP contribution in [0.2, 0.25) is 0 Å². The maximum Gasteiger partial charge on any atom is 0.306 e. The van der Waals surface area contributed by atoms with Crippen LogP contribution in [0.5, 0.6) is 0 Å². The summed E-state index contributed by atoms with van der Waals surface area (Å²) >= 11 is 0. The lowest BCUT2D eigenvalue weighted by atomic mass is 10.1. The van der Waals surface area contributed by atoms with Gasteiger partial charge >= 0.3 is 5.97 Å². The Balaban J connectivity index is 3.81. The van der Waals surface area contributed by atoms with Crippen molar-refractivity contribution in [2.75, 3.05) is 0 Å². The van der Waals surface area contributed by atoms with Crippen LogP contribution in [0.3, 0.4) is 0 Å². The Morgan fingerprint density at radius 3 is 2.21 bits per heavy atom. The molecule has 0 radical (unpaired) electrons. The number of carbonyl (C=O) groups excluding carboxylic acids is 2. The van der Waals surface area contributed by atoms with Gasteiger partial charge in [-0.3, -0.25) is 9.59 Å². The number of carbonyl (C=O) groups is 2. The molecule has 0 aromatic rings. The fourth-order valence-electron chi connectivity index (χ4n) is 0.850. The van der Waals surface area contributed by atoms with Gasteiger partial charge < -0.3 is 9.84 Å². The molecule has 0 spiro atoms. The van der Waals surface area contributed by atoms with E-state index in [0.29, 0.717) is 0 Å². The number of rotatable bonds is 4. The van der Waals surface area contributed by atoms with E-state index in [1.54, 1.807) is 20.8 Å². The summed E-state index contributed by atoms with van der Waals surface area (Å²) in [4.78, 5) is 21.8. The van der Waals surface area contributed by atoms with E-state index in [2.05, 4.69) is 0 Å². The zero-order valence-electron chi connectivity index (χ0n) is 9.16. The highest BCUT2D eigenvalue weighted by molar-refractivity contribution is 5.80. The normalized spacial score (nSPS) is 13.5. The topological polar surface area (TPSA) is 63.6 Å². The van der Waals surface area contributed by atoms with Gasteiger partial charge in [-0.1, -0.05) is 0 Å². The Bertz CT molecular complexity index is 215. The highest BCUT2D eigenvalue weighted by Gasteiger charge is 2.18. The smallest absolute Gasteiger partial charge is 0.306 e. The van der Waals surface area contributed by atoms with E-state index in [9.17, 15) is 9.59 Å². The number of aliphatic hydroxyl groups excluding tert-OH is 1. The zero-order chi connectivity index (χ0) is 11.4. The Kier molecular flexibility index (Phi) is 4.77. The van der Waals surface area contributed by atoms with Gasteiger partial charge in [-0.05, 0) is 34.1 Å². The molecule has 0 saturated carbocycles. The van der Waals surface area contributed by atoms with Gasteiger partial charge in [0.1, 0.15) is 11.7 Å². The first-order chi connectivity index (χ1) is 6.22. The van der Waals surface area contributed by atoms with Crippen molar-refractivity contribution in [2.45, 2.75) is 52.2 Å². The van der Waals surface area contributed by atoms with E-state index in [1.165, 1.54) is 6.92 Å². The molecule has 0 saturated heterocycles. The minimum Gasteiger partial charge on any atom is -0.460 e. The summed E-state index contributed by atoms with van der Waals surface area (Å²) in [6.07, 6.45) is -0.857. The minimum absolute atomic E-state index is 0.0675. The van der Waals surface area contributed by atoms with Gasteiger partial charge in [-0.2, -0.15) is 0 Å². The van der Waals surface area contributed by atoms with Crippen molar-refractivity contribution in [1.29, 1.82) is 0 Å². The van der Waals surface area contributed by atoms with E-state index in [0.717, 1.165) is 0 Å². The molecule has 14 heavy (non-hydrogen) atoms. The molecule has 4 heteroatoms. The monoisotopic (exact) mass is 202 g/mol. The number of aliphatic hydroxyl groups is 1. The van der Waals surface area contributed by atoms with Crippen LogP contribution >= 0.6 is 0 Å². The number of esters is 1. The maximum absolute atomic E-state index is 11.1. The first kappa shape index (κ1) is 13.1. The van der Waals surface area contributed by atoms with E-state index in [4.69, 9.17) is 9.84 Å². The van der Waals surface area contributed by atoms with Gasteiger partial charge in [0.05, 0.1) is 0 Å². The Hall–Kier alpha value is -0.900. The van der Waals surface area contributed by atoms with Crippen LogP contribution in [0.25, 0.3) is 0 Å². The predicted molar refractivity (Wildman–Crippen MR) is 51.8 cm³/mol. The molecule has 82 valence electrons. The lowest BCUT2D eigenvalue weighted by molar-refractivity contribution is -0.155. The van der Waals surface area contributed by atoms with Gasteiger partial charge in [0.25, 0.3) is 0 Å². The average Bonchev–Trinajstić information content (AvgIpc) is 1.96. The maximum atomic E-state index is 11.1. The van der Waals surface area contributed by atoms with Crippen molar-refractivity contribution >= 4 is 11.8 Å². The Morgan fingerprint density at radius 1 is 1.36 bits per heavy atom. The van der Waals surface area contributed by atoms with Crippen LogP contribution in [-0.2, 0) is 14.3 Å². The Morgan fingerprint density at radius 2 is 1.86 bits per heavy atom. The summed E-state index contributed by atoms with van der Waals surface area (Å²) in [5.41, 5.74) is -0.516. The van der Waals surface area contributed by atoms with E-state index in [1.807, 2.05) is 0 Å². The molecular formula is C10H18O4. The molecule has 4 nitrogen and oxygen atoms in total. The van der Waals surface area contributed by atoms with Crippen molar-refractivity contribution in [2.24, 2.45) is 0 Å². The quantitative estimate of drug-likeness (QED) is 0.692. The second-order valence-corrected chi connectivity index (χ2v) is 4.25.